The third-order valence-corrected chi connectivity index (χ3v) is 1.75. The van der Waals surface area contributed by atoms with Gasteiger partial charge in [-0.15, -0.1) is 0 Å². The highest BCUT2D eigenvalue weighted by molar-refractivity contribution is 4.83. The summed E-state index contributed by atoms with van der Waals surface area (Å²) in [6, 6.07) is 0. The van der Waals surface area contributed by atoms with Gasteiger partial charge in [0.1, 0.15) is 0 Å². The van der Waals surface area contributed by atoms with Crippen molar-refractivity contribution in [3.63, 3.8) is 0 Å². The van der Waals surface area contributed by atoms with Crippen LogP contribution in [-0.2, 0) is 5.11 Å². The third-order valence-electron chi connectivity index (χ3n) is 1.75. The Morgan fingerprint density at radius 2 is 2.00 bits per heavy atom. The molecule has 0 saturated carbocycles. The van der Waals surface area contributed by atoms with E-state index in [9.17, 15) is 5.11 Å². The zero-order valence-electron chi connectivity index (χ0n) is 7.68. The van der Waals surface area contributed by atoms with Gasteiger partial charge in [0.25, 0.3) is 0 Å². The molecule has 0 aliphatic heterocycles. The predicted molar refractivity (Wildman–Crippen MR) is 48.0 cm³/mol. The van der Waals surface area contributed by atoms with Gasteiger partial charge in [-0.25, -0.2) is 5.11 Å². The van der Waals surface area contributed by atoms with Gasteiger partial charge >= 0.3 is 0 Å². The van der Waals surface area contributed by atoms with Crippen molar-refractivity contribution in [3.05, 3.63) is 12.2 Å². The molecular weight excluding hydrogens is 136 g/mol. The first kappa shape index (κ1) is 10.7. The zero-order chi connectivity index (χ0) is 8.53. The molecule has 0 N–H and O–H groups in total. The first-order valence-corrected chi connectivity index (χ1v) is 4.62. The molecule has 11 heavy (non-hydrogen) atoms. The van der Waals surface area contributed by atoms with Crippen molar-refractivity contribution in [2.45, 2.75) is 52.1 Å². The highest BCUT2D eigenvalue weighted by Gasteiger charge is 1.96. The Kier molecular flexibility index (Phi) is 7.59. The summed E-state index contributed by atoms with van der Waals surface area (Å²) in [7, 11) is 0. The van der Waals surface area contributed by atoms with E-state index in [-0.39, 0.29) is 6.10 Å². The molecule has 1 atom stereocenters. The van der Waals surface area contributed by atoms with Crippen molar-refractivity contribution in [2.75, 3.05) is 0 Å². The average Bonchev–Trinajstić information content (AvgIpc) is 2.04. The zero-order valence-corrected chi connectivity index (χ0v) is 7.68. The molecule has 0 aromatic heterocycles. The molecule has 1 radical (unpaired) electrons. The molecule has 0 aromatic rings. The van der Waals surface area contributed by atoms with Crippen LogP contribution in [-0.4, -0.2) is 6.10 Å². The lowest BCUT2D eigenvalue weighted by Gasteiger charge is -1.98. The van der Waals surface area contributed by atoms with Gasteiger partial charge in [0, 0.05) is 0 Å². The molecule has 0 fully saturated rings. The van der Waals surface area contributed by atoms with Crippen LogP contribution in [0.3, 0.4) is 0 Å². The molecular formula is C10H19O. The van der Waals surface area contributed by atoms with Crippen molar-refractivity contribution in [1.29, 1.82) is 0 Å². The van der Waals surface area contributed by atoms with E-state index >= 15 is 0 Å². The summed E-state index contributed by atoms with van der Waals surface area (Å²) >= 11 is 0. The molecule has 1 nitrogen and oxygen atoms in total. The van der Waals surface area contributed by atoms with Crippen LogP contribution in [0.4, 0.5) is 0 Å². The van der Waals surface area contributed by atoms with Gasteiger partial charge in [-0.1, -0.05) is 38.8 Å². The summed E-state index contributed by atoms with van der Waals surface area (Å²) in [5.41, 5.74) is 0. The molecule has 65 valence electrons. The maximum Gasteiger partial charge on any atom is 0.0961 e. The molecule has 0 rings (SSSR count). The Bertz CT molecular complexity index is 97.0. The van der Waals surface area contributed by atoms with Gasteiger partial charge in [-0.05, 0) is 19.3 Å². The Morgan fingerprint density at radius 1 is 1.27 bits per heavy atom. The van der Waals surface area contributed by atoms with Crippen LogP contribution in [0.2, 0.25) is 0 Å². The lowest BCUT2D eigenvalue weighted by atomic mass is 10.1. The van der Waals surface area contributed by atoms with Crippen LogP contribution in [0.1, 0.15) is 46.0 Å². The fourth-order valence-corrected chi connectivity index (χ4v) is 0.854. The third kappa shape index (κ3) is 7.60. The van der Waals surface area contributed by atoms with Crippen molar-refractivity contribution in [3.8, 4) is 0 Å². The van der Waals surface area contributed by atoms with Crippen LogP contribution < -0.4 is 0 Å². The SMILES string of the molecule is CCCCC=CCC([O])CC. The number of rotatable bonds is 6. The minimum Gasteiger partial charge on any atom is -0.233 e. The highest BCUT2D eigenvalue weighted by atomic mass is 16.3. The summed E-state index contributed by atoms with van der Waals surface area (Å²) in [4.78, 5) is 0. The van der Waals surface area contributed by atoms with E-state index in [4.69, 9.17) is 0 Å². The van der Waals surface area contributed by atoms with E-state index in [0.29, 0.717) is 6.42 Å². The molecule has 0 aliphatic rings. The minimum absolute atomic E-state index is 0.382. The molecule has 0 saturated heterocycles. The van der Waals surface area contributed by atoms with Crippen molar-refractivity contribution >= 4 is 0 Å². The van der Waals surface area contributed by atoms with Gasteiger partial charge < -0.3 is 0 Å². The largest absolute Gasteiger partial charge is 0.233 e. The van der Waals surface area contributed by atoms with E-state index in [1.807, 2.05) is 13.0 Å². The van der Waals surface area contributed by atoms with Crippen molar-refractivity contribution in [2.24, 2.45) is 0 Å². The summed E-state index contributed by atoms with van der Waals surface area (Å²) < 4.78 is 0. The minimum atomic E-state index is -0.382. The monoisotopic (exact) mass is 155 g/mol. The van der Waals surface area contributed by atoms with Gasteiger partial charge in [0.2, 0.25) is 0 Å². The topological polar surface area (TPSA) is 19.9 Å². The van der Waals surface area contributed by atoms with E-state index in [0.717, 1.165) is 12.8 Å². The number of hydrogen-bond donors (Lipinski definition) is 0. The predicted octanol–water partition coefficient (Wildman–Crippen LogP) is 3.33. The van der Waals surface area contributed by atoms with Crippen LogP contribution in [0.15, 0.2) is 12.2 Å². The number of hydrogen-bond acceptors (Lipinski definition) is 0. The molecule has 0 amide bonds. The average molecular weight is 155 g/mol. The van der Waals surface area contributed by atoms with E-state index in [2.05, 4.69) is 13.0 Å². The molecule has 0 aromatic carbocycles. The molecule has 0 spiro atoms. The van der Waals surface area contributed by atoms with Crippen LogP contribution >= 0.6 is 0 Å². The number of unbranched alkanes of at least 4 members (excludes halogenated alkanes) is 2. The molecule has 0 aliphatic carbocycles. The second-order valence-electron chi connectivity index (χ2n) is 2.88. The van der Waals surface area contributed by atoms with Crippen LogP contribution in [0.25, 0.3) is 0 Å². The quantitative estimate of drug-likeness (QED) is 0.414. The summed E-state index contributed by atoms with van der Waals surface area (Å²) in [6.07, 6.45) is 8.84. The van der Waals surface area contributed by atoms with Gasteiger partial charge in [-0.3, -0.25) is 0 Å². The normalized spacial score (nSPS) is 14.1. The maximum atomic E-state index is 10.9. The summed E-state index contributed by atoms with van der Waals surface area (Å²) in [6.45, 7) is 4.12. The summed E-state index contributed by atoms with van der Waals surface area (Å²) in [5, 5.41) is 10.9. The smallest absolute Gasteiger partial charge is 0.0961 e. The number of allylic oxidation sites excluding steroid dienone is 1. The molecule has 0 heterocycles. The Morgan fingerprint density at radius 3 is 2.55 bits per heavy atom. The van der Waals surface area contributed by atoms with E-state index < -0.39 is 0 Å². The molecule has 1 heteroatoms. The second kappa shape index (κ2) is 7.80. The lowest BCUT2D eigenvalue weighted by Crippen LogP contribution is -1.98. The Hall–Kier alpha value is -0.300. The van der Waals surface area contributed by atoms with Gasteiger partial charge in [0.15, 0.2) is 0 Å². The fraction of sp³-hybridized carbons (Fsp3) is 0.800. The first-order valence-electron chi connectivity index (χ1n) is 4.62. The summed E-state index contributed by atoms with van der Waals surface area (Å²) in [5.74, 6) is 0. The Balaban J connectivity index is 3.15. The lowest BCUT2D eigenvalue weighted by molar-refractivity contribution is 0.0882. The van der Waals surface area contributed by atoms with Crippen molar-refractivity contribution in [1.82, 2.24) is 0 Å². The standard InChI is InChI=1S/C10H19O/c1-3-5-6-7-8-9-10(11)4-2/h7-8,10H,3-6,9H2,1-2H3. The van der Waals surface area contributed by atoms with Crippen LogP contribution in [0.5, 0.6) is 0 Å². The highest BCUT2D eigenvalue weighted by Crippen LogP contribution is 2.01. The van der Waals surface area contributed by atoms with Gasteiger partial charge in [0.05, 0.1) is 6.10 Å². The van der Waals surface area contributed by atoms with E-state index in [1.54, 1.807) is 0 Å². The first-order chi connectivity index (χ1) is 5.31. The van der Waals surface area contributed by atoms with Gasteiger partial charge in [-0.2, -0.15) is 0 Å². The van der Waals surface area contributed by atoms with Crippen LogP contribution in [0, 0.1) is 0 Å². The van der Waals surface area contributed by atoms with Crippen molar-refractivity contribution < 1.29 is 5.11 Å². The Labute approximate surface area is 70.1 Å². The molecule has 1 unspecified atom stereocenters. The van der Waals surface area contributed by atoms with E-state index in [1.165, 1.54) is 12.8 Å². The molecule has 0 bridgehead atoms. The fourth-order valence-electron chi connectivity index (χ4n) is 0.854. The second-order valence-corrected chi connectivity index (χ2v) is 2.88. The maximum absolute atomic E-state index is 10.9.